The summed E-state index contributed by atoms with van der Waals surface area (Å²) < 4.78 is 1.15. The summed E-state index contributed by atoms with van der Waals surface area (Å²) in [6, 6.07) is 9.17. The third-order valence-electron chi connectivity index (χ3n) is 3.82. The van der Waals surface area contributed by atoms with Crippen LogP contribution in [0.2, 0.25) is 0 Å². The first-order valence-electron chi connectivity index (χ1n) is 6.86. The number of benzene rings is 1. The summed E-state index contributed by atoms with van der Waals surface area (Å²) in [5.74, 6) is 0.819. The quantitative estimate of drug-likeness (QED) is 0.896. The molecule has 100 valence electrons. The summed E-state index contributed by atoms with van der Waals surface area (Å²) in [5.41, 5.74) is 1.40. The molecule has 2 unspecified atom stereocenters. The molecule has 18 heavy (non-hydrogen) atoms. The summed E-state index contributed by atoms with van der Waals surface area (Å²) in [6.07, 6.45) is 2.48. The van der Waals surface area contributed by atoms with Crippen LogP contribution in [-0.4, -0.2) is 31.6 Å². The van der Waals surface area contributed by atoms with Gasteiger partial charge in [-0.05, 0) is 56.6 Å². The summed E-state index contributed by atoms with van der Waals surface area (Å²) in [6.45, 7) is 5.88. The molecule has 1 aromatic carbocycles. The van der Waals surface area contributed by atoms with Gasteiger partial charge in [-0.1, -0.05) is 35.0 Å². The van der Waals surface area contributed by atoms with Crippen molar-refractivity contribution in [2.75, 3.05) is 26.7 Å². The van der Waals surface area contributed by atoms with Crippen molar-refractivity contribution in [2.45, 2.75) is 25.8 Å². The van der Waals surface area contributed by atoms with E-state index in [4.69, 9.17) is 0 Å². The Morgan fingerprint density at radius 1 is 1.39 bits per heavy atom. The molecule has 1 saturated heterocycles. The van der Waals surface area contributed by atoms with Gasteiger partial charge in [0.05, 0.1) is 0 Å². The van der Waals surface area contributed by atoms with E-state index in [2.05, 4.69) is 64.4 Å². The molecule has 2 atom stereocenters. The van der Waals surface area contributed by atoms with Gasteiger partial charge in [-0.2, -0.15) is 0 Å². The minimum atomic E-state index is 0.490. The predicted molar refractivity (Wildman–Crippen MR) is 80.8 cm³/mol. The Bertz CT molecular complexity index is 363. The van der Waals surface area contributed by atoms with Crippen molar-refractivity contribution in [2.24, 2.45) is 5.92 Å². The number of rotatable bonds is 5. The van der Waals surface area contributed by atoms with Crippen molar-refractivity contribution in [1.82, 2.24) is 10.2 Å². The molecule has 1 N–H and O–H groups in total. The topological polar surface area (TPSA) is 15.3 Å². The lowest BCUT2D eigenvalue weighted by Gasteiger charge is -2.20. The van der Waals surface area contributed by atoms with Gasteiger partial charge in [0.2, 0.25) is 0 Å². The SMILES string of the molecule is CCC(NCC1CCN(C)C1)c1ccc(Br)cc1. The summed E-state index contributed by atoms with van der Waals surface area (Å²) >= 11 is 3.49. The monoisotopic (exact) mass is 310 g/mol. The number of likely N-dealkylation sites (tertiary alicyclic amines) is 1. The second-order valence-corrected chi connectivity index (χ2v) is 6.25. The van der Waals surface area contributed by atoms with Crippen LogP contribution < -0.4 is 5.32 Å². The average Bonchev–Trinajstić information content (AvgIpc) is 2.78. The largest absolute Gasteiger partial charge is 0.310 e. The lowest BCUT2D eigenvalue weighted by molar-refractivity contribution is 0.377. The fourth-order valence-electron chi connectivity index (χ4n) is 2.69. The zero-order valence-corrected chi connectivity index (χ0v) is 12.9. The van der Waals surface area contributed by atoms with Gasteiger partial charge in [-0.15, -0.1) is 0 Å². The van der Waals surface area contributed by atoms with E-state index in [0.29, 0.717) is 6.04 Å². The summed E-state index contributed by atoms with van der Waals surface area (Å²) in [7, 11) is 2.21. The number of hydrogen-bond acceptors (Lipinski definition) is 2. The van der Waals surface area contributed by atoms with E-state index in [1.165, 1.54) is 25.1 Å². The fraction of sp³-hybridized carbons (Fsp3) is 0.600. The molecule has 1 aliphatic heterocycles. The van der Waals surface area contributed by atoms with Gasteiger partial charge in [0.15, 0.2) is 0 Å². The van der Waals surface area contributed by atoms with Gasteiger partial charge < -0.3 is 10.2 Å². The molecule has 0 spiro atoms. The molecule has 0 aliphatic carbocycles. The van der Waals surface area contributed by atoms with Crippen LogP contribution in [0.4, 0.5) is 0 Å². The Hall–Kier alpha value is -0.380. The van der Waals surface area contributed by atoms with Crippen LogP contribution in [0.25, 0.3) is 0 Å². The van der Waals surface area contributed by atoms with E-state index in [0.717, 1.165) is 23.4 Å². The Morgan fingerprint density at radius 3 is 2.67 bits per heavy atom. The van der Waals surface area contributed by atoms with Crippen molar-refractivity contribution in [3.05, 3.63) is 34.3 Å². The molecule has 0 aromatic heterocycles. The van der Waals surface area contributed by atoms with Crippen molar-refractivity contribution in [3.63, 3.8) is 0 Å². The highest BCUT2D eigenvalue weighted by atomic mass is 79.9. The number of hydrogen-bond donors (Lipinski definition) is 1. The Balaban J connectivity index is 1.87. The maximum atomic E-state index is 3.73. The number of nitrogens with one attached hydrogen (secondary N) is 1. The van der Waals surface area contributed by atoms with Crippen molar-refractivity contribution >= 4 is 15.9 Å². The Morgan fingerprint density at radius 2 is 2.11 bits per heavy atom. The Kier molecular flexibility index (Phi) is 5.22. The van der Waals surface area contributed by atoms with E-state index in [9.17, 15) is 0 Å². The maximum Gasteiger partial charge on any atom is 0.0317 e. The first-order chi connectivity index (χ1) is 8.69. The van der Waals surface area contributed by atoms with E-state index in [-0.39, 0.29) is 0 Å². The van der Waals surface area contributed by atoms with Crippen LogP contribution in [0, 0.1) is 5.92 Å². The smallest absolute Gasteiger partial charge is 0.0317 e. The second-order valence-electron chi connectivity index (χ2n) is 5.34. The average molecular weight is 311 g/mol. The fourth-order valence-corrected chi connectivity index (χ4v) is 2.96. The van der Waals surface area contributed by atoms with Crippen LogP contribution in [0.5, 0.6) is 0 Å². The molecule has 0 bridgehead atoms. The lowest BCUT2D eigenvalue weighted by atomic mass is 10.0. The highest BCUT2D eigenvalue weighted by Crippen LogP contribution is 2.21. The molecule has 0 amide bonds. The van der Waals surface area contributed by atoms with Crippen molar-refractivity contribution in [3.8, 4) is 0 Å². The van der Waals surface area contributed by atoms with E-state index in [1.54, 1.807) is 0 Å². The minimum Gasteiger partial charge on any atom is -0.310 e. The van der Waals surface area contributed by atoms with Gasteiger partial charge >= 0.3 is 0 Å². The normalized spacial score (nSPS) is 22.3. The zero-order chi connectivity index (χ0) is 13.0. The second kappa shape index (κ2) is 6.69. The third-order valence-corrected chi connectivity index (χ3v) is 4.35. The summed E-state index contributed by atoms with van der Waals surface area (Å²) in [5, 5.41) is 3.73. The van der Waals surface area contributed by atoms with Crippen LogP contribution >= 0.6 is 15.9 Å². The first-order valence-corrected chi connectivity index (χ1v) is 7.65. The van der Waals surface area contributed by atoms with E-state index >= 15 is 0 Å². The molecule has 1 fully saturated rings. The van der Waals surface area contributed by atoms with E-state index < -0.39 is 0 Å². The number of halogens is 1. The molecule has 2 nitrogen and oxygen atoms in total. The molecule has 2 rings (SSSR count). The molecule has 0 radical (unpaired) electrons. The van der Waals surface area contributed by atoms with Gasteiger partial charge in [0, 0.05) is 17.1 Å². The van der Waals surface area contributed by atoms with Gasteiger partial charge in [0.1, 0.15) is 0 Å². The predicted octanol–water partition coefficient (Wildman–Crippen LogP) is 3.44. The number of nitrogens with zero attached hydrogens (tertiary/aromatic N) is 1. The maximum absolute atomic E-state index is 3.73. The van der Waals surface area contributed by atoms with Gasteiger partial charge in [-0.3, -0.25) is 0 Å². The van der Waals surface area contributed by atoms with Crippen molar-refractivity contribution < 1.29 is 0 Å². The van der Waals surface area contributed by atoms with E-state index in [1.807, 2.05) is 0 Å². The standard InChI is InChI=1S/C15H23BrN2/c1-3-15(13-4-6-14(16)7-5-13)17-10-12-8-9-18(2)11-12/h4-7,12,15,17H,3,8-11H2,1-2H3. The molecular formula is C15H23BrN2. The van der Waals surface area contributed by atoms with Gasteiger partial charge in [0.25, 0.3) is 0 Å². The Labute approximate surface area is 119 Å². The summed E-state index contributed by atoms with van der Waals surface area (Å²) in [4.78, 5) is 2.42. The van der Waals surface area contributed by atoms with Crippen LogP contribution in [0.1, 0.15) is 31.4 Å². The third kappa shape index (κ3) is 3.81. The molecule has 3 heteroatoms. The van der Waals surface area contributed by atoms with Crippen molar-refractivity contribution in [1.29, 1.82) is 0 Å². The molecule has 1 heterocycles. The molecule has 1 aliphatic rings. The van der Waals surface area contributed by atoms with Crippen LogP contribution in [0.3, 0.4) is 0 Å². The molecular weight excluding hydrogens is 288 g/mol. The zero-order valence-electron chi connectivity index (χ0n) is 11.3. The first kappa shape index (κ1) is 14.0. The highest BCUT2D eigenvalue weighted by molar-refractivity contribution is 9.10. The molecule has 1 aromatic rings. The van der Waals surface area contributed by atoms with Crippen LogP contribution in [0.15, 0.2) is 28.7 Å². The highest BCUT2D eigenvalue weighted by Gasteiger charge is 2.20. The molecule has 0 saturated carbocycles. The minimum absolute atomic E-state index is 0.490. The van der Waals surface area contributed by atoms with Crippen LogP contribution in [-0.2, 0) is 0 Å². The van der Waals surface area contributed by atoms with Gasteiger partial charge in [-0.25, -0.2) is 0 Å². The lowest BCUT2D eigenvalue weighted by Crippen LogP contribution is -2.28.